The molecular formula is C28H39N5O4. The molecule has 9 heteroatoms. The van der Waals surface area contributed by atoms with E-state index in [1.54, 1.807) is 21.9 Å². The fourth-order valence-electron chi connectivity index (χ4n) is 6.80. The second-order valence-corrected chi connectivity index (χ2v) is 12.0. The van der Waals surface area contributed by atoms with E-state index in [0.717, 1.165) is 18.5 Å². The molecule has 2 aliphatic carbocycles. The van der Waals surface area contributed by atoms with Crippen LogP contribution in [0, 0.1) is 11.8 Å². The highest BCUT2D eigenvalue weighted by molar-refractivity contribution is 6.04. The molecule has 1 unspecified atom stereocenters. The number of benzene rings is 1. The zero-order chi connectivity index (χ0) is 26.7. The lowest BCUT2D eigenvalue weighted by Gasteiger charge is -2.32. The Kier molecular flexibility index (Phi) is 6.33. The second-order valence-electron chi connectivity index (χ2n) is 12.0. The standard InChI is InChI=1S/C28H39N5O4/c1-17(2)20-15-28(20,30-24(35)18-7-9-19(10-8-18)31(3)4)26(37)32-14-11-21-23(32)22(34)16-33(21)25(36)27(29)12-5-6-13-27/h7-10,17,20-21,23H,5-6,11-16,29H2,1-4H3,(H,30,35)/t20-,21-,23+,28?/m1/s1. The smallest absolute Gasteiger partial charge is 0.252 e. The van der Waals surface area contributed by atoms with Crippen LogP contribution in [0.15, 0.2) is 24.3 Å². The molecular weight excluding hydrogens is 470 g/mol. The minimum Gasteiger partial charge on any atom is -0.378 e. The van der Waals surface area contributed by atoms with Crippen LogP contribution in [-0.2, 0) is 14.4 Å². The van der Waals surface area contributed by atoms with E-state index in [2.05, 4.69) is 5.32 Å². The normalized spacial score (nSPS) is 30.0. The van der Waals surface area contributed by atoms with Gasteiger partial charge in [0.25, 0.3) is 5.91 Å². The molecule has 2 heterocycles. The van der Waals surface area contributed by atoms with Crippen LogP contribution in [0.4, 0.5) is 5.69 Å². The van der Waals surface area contributed by atoms with Gasteiger partial charge in [0.15, 0.2) is 5.78 Å². The number of nitrogens with two attached hydrogens (primary N) is 1. The number of hydrogen-bond acceptors (Lipinski definition) is 6. The third-order valence-corrected chi connectivity index (χ3v) is 9.05. The van der Waals surface area contributed by atoms with E-state index in [1.807, 2.05) is 45.0 Å². The molecule has 4 fully saturated rings. The topological polar surface area (TPSA) is 116 Å². The van der Waals surface area contributed by atoms with Gasteiger partial charge < -0.3 is 25.8 Å². The van der Waals surface area contributed by atoms with E-state index < -0.39 is 17.1 Å². The maximum atomic E-state index is 14.1. The summed E-state index contributed by atoms with van der Waals surface area (Å²) in [6.45, 7) is 4.49. The number of hydrogen-bond donors (Lipinski definition) is 2. The summed E-state index contributed by atoms with van der Waals surface area (Å²) in [6, 6.07) is 6.27. The van der Waals surface area contributed by atoms with Crippen LogP contribution in [0.1, 0.15) is 62.7 Å². The molecule has 4 atom stereocenters. The highest BCUT2D eigenvalue weighted by atomic mass is 16.2. The number of anilines is 1. The first kappa shape index (κ1) is 25.7. The van der Waals surface area contributed by atoms with Gasteiger partial charge >= 0.3 is 0 Å². The van der Waals surface area contributed by atoms with Crippen molar-refractivity contribution >= 4 is 29.2 Å². The van der Waals surface area contributed by atoms with Crippen LogP contribution in [0.2, 0.25) is 0 Å². The molecule has 5 rings (SSSR count). The van der Waals surface area contributed by atoms with Crippen molar-refractivity contribution in [3.05, 3.63) is 29.8 Å². The quantitative estimate of drug-likeness (QED) is 0.601. The first-order chi connectivity index (χ1) is 17.5. The Balaban J connectivity index is 1.35. The van der Waals surface area contributed by atoms with Gasteiger partial charge in [-0.2, -0.15) is 0 Å². The molecule has 0 radical (unpaired) electrons. The second kappa shape index (κ2) is 9.11. The van der Waals surface area contributed by atoms with Crippen LogP contribution in [0.3, 0.4) is 0 Å². The number of carbonyl (C=O) groups excluding carboxylic acids is 4. The Labute approximate surface area is 218 Å². The Bertz CT molecular complexity index is 1110. The van der Waals surface area contributed by atoms with Gasteiger partial charge in [-0.1, -0.05) is 26.7 Å². The summed E-state index contributed by atoms with van der Waals surface area (Å²) < 4.78 is 0. The fraction of sp³-hybridized carbons (Fsp3) is 0.643. The number of amides is 3. The van der Waals surface area contributed by atoms with Gasteiger partial charge in [-0.15, -0.1) is 0 Å². The molecule has 0 bridgehead atoms. The average Bonchev–Trinajstić information content (AvgIpc) is 3.16. The van der Waals surface area contributed by atoms with E-state index in [9.17, 15) is 19.2 Å². The predicted molar refractivity (Wildman–Crippen MR) is 140 cm³/mol. The summed E-state index contributed by atoms with van der Waals surface area (Å²) >= 11 is 0. The van der Waals surface area contributed by atoms with Gasteiger partial charge in [-0.25, -0.2) is 0 Å². The zero-order valence-electron chi connectivity index (χ0n) is 22.3. The molecule has 3 N–H and O–H groups in total. The number of ketones is 1. The molecule has 2 aliphatic heterocycles. The molecule has 1 aromatic carbocycles. The maximum absolute atomic E-state index is 14.1. The van der Waals surface area contributed by atoms with Crippen LogP contribution in [0.25, 0.3) is 0 Å². The Morgan fingerprint density at radius 1 is 1.05 bits per heavy atom. The van der Waals surface area contributed by atoms with Crippen molar-refractivity contribution in [2.45, 2.75) is 75.5 Å². The first-order valence-electron chi connectivity index (χ1n) is 13.5. The van der Waals surface area contributed by atoms with E-state index in [1.165, 1.54) is 0 Å². The van der Waals surface area contributed by atoms with Crippen molar-refractivity contribution in [3.63, 3.8) is 0 Å². The largest absolute Gasteiger partial charge is 0.378 e. The van der Waals surface area contributed by atoms with E-state index in [-0.39, 0.29) is 47.9 Å². The van der Waals surface area contributed by atoms with Gasteiger partial charge in [0, 0.05) is 31.9 Å². The van der Waals surface area contributed by atoms with Gasteiger partial charge in [0.1, 0.15) is 11.6 Å². The summed E-state index contributed by atoms with van der Waals surface area (Å²) in [4.78, 5) is 59.1. The number of fused-ring (bicyclic) bond motifs is 1. The molecule has 0 spiro atoms. The first-order valence-corrected chi connectivity index (χ1v) is 13.5. The third-order valence-electron chi connectivity index (χ3n) is 9.05. The summed E-state index contributed by atoms with van der Waals surface area (Å²) in [5.41, 5.74) is 5.98. The van der Waals surface area contributed by atoms with Crippen molar-refractivity contribution in [3.8, 4) is 0 Å². The summed E-state index contributed by atoms with van der Waals surface area (Å²) in [6.07, 6.45) is 4.20. The monoisotopic (exact) mass is 509 g/mol. The van der Waals surface area contributed by atoms with Gasteiger partial charge in [-0.05, 0) is 61.8 Å². The molecule has 3 amide bonds. The molecule has 2 saturated heterocycles. The number of rotatable bonds is 6. The number of nitrogens with zero attached hydrogens (tertiary/aromatic N) is 3. The van der Waals surface area contributed by atoms with E-state index in [0.29, 0.717) is 37.8 Å². The summed E-state index contributed by atoms with van der Waals surface area (Å²) in [5.74, 6) is -0.592. The Hall–Kier alpha value is -2.94. The number of Topliss-reactive ketones (excluding diaryl/α,β-unsaturated/α-hetero) is 1. The van der Waals surface area contributed by atoms with Gasteiger partial charge in [0.05, 0.1) is 18.1 Å². The number of likely N-dealkylation sites (tertiary alicyclic amines) is 2. The summed E-state index contributed by atoms with van der Waals surface area (Å²) in [5, 5.41) is 3.06. The molecule has 37 heavy (non-hydrogen) atoms. The summed E-state index contributed by atoms with van der Waals surface area (Å²) in [7, 11) is 3.87. The van der Waals surface area contributed by atoms with Crippen LogP contribution < -0.4 is 16.0 Å². The fourth-order valence-corrected chi connectivity index (χ4v) is 6.80. The Morgan fingerprint density at radius 3 is 2.27 bits per heavy atom. The van der Waals surface area contributed by atoms with Crippen LogP contribution >= 0.6 is 0 Å². The highest BCUT2D eigenvalue weighted by Crippen LogP contribution is 2.51. The van der Waals surface area contributed by atoms with Crippen LogP contribution in [0.5, 0.6) is 0 Å². The molecule has 0 aromatic heterocycles. The highest BCUT2D eigenvalue weighted by Gasteiger charge is 2.66. The van der Waals surface area contributed by atoms with Crippen molar-refractivity contribution in [1.29, 1.82) is 0 Å². The lowest BCUT2D eigenvalue weighted by Crippen LogP contribution is -2.56. The minimum absolute atomic E-state index is 0.00207. The third kappa shape index (κ3) is 4.21. The van der Waals surface area contributed by atoms with Crippen molar-refractivity contribution in [1.82, 2.24) is 15.1 Å². The van der Waals surface area contributed by atoms with Gasteiger partial charge in [0.2, 0.25) is 11.8 Å². The van der Waals surface area contributed by atoms with Gasteiger partial charge in [-0.3, -0.25) is 19.2 Å². The lowest BCUT2D eigenvalue weighted by atomic mass is 9.96. The molecule has 200 valence electrons. The lowest BCUT2D eigenvalue weighted by molar-refractivity contribution is -0.139. The molecule has 4 aliphatic rings. The van der Waals surface area contributed by atoms with Crippen molar-refractivity contribution < 1.29 is 19.2 Å². The minimum atomic E-state index is -1.03. The van der Waals surface area contributed by atoms with Crippen molar-refractivity contribution in [2.75, 3.05) is 32.1 Å². The zero-order valence-corrected chi connectivity index (χ0v) is 22.3. The number of carbonyl (C=O) groups is 4. The predicted octanol–water partition coefficient (Wildman–Crippen LogP) is 1.55. The van der Waals surface area contributed by atoms with E-state index >= 15 is 0 Å². The average molecular weight is 510 g/mol. The molecule has 9 nitrogen and oxygen atoms in total. The maximum Gasteiger partial charge on any atom is 0.252 e. The van der Waals surface area contributed by atoms with Crippen molar-refractivity contribution in [2.24, 2.45) is 17.6 Å². The SMILES string of the molecule is CC(C)[C@H]1CC1(NC(=O)c1ccc(N(C)C)cc1)C(=O)N1CC[C@@H]2[C@H]1C(=O)CN2C(=O)C1(N)CCCC1. The molecule has 1 aromatic rings. The number of nitrogens with one attached hydrogen (secondary N) is 1. The van der Waals surface area contributed by atoms with E-state index in [4.69, 9.17) is 5.73 Å². The van der Waals surface area contributed by atoms with Crippen LogP contribution in [-0.4, -0.2) is 83.7 Å². The molecule has 2 saturated carbocycles. The Morgan fingerprint density at radius 2 is 1.70 bits per heavy atom.